The molecule has 0 saturated heterocycles. The lowest BCUT2D eigenvalue weighted by molar-refractivity contribution is 0.216. The van der Waals surface area contributed by atoms with Gasteiger partial charge >= 0.3 is 0 Å². The van der Waals surface area contributed by atoms with Crippen LogP contribution in [0.3, 0.4) is 0 Å². The molecular weight excluding hydrogens is 402 g/mol. The third kappa shape index (κ3) is 3.79. The van der Waals surface area contributed by atoms with E-state index in [1.165, 1.54) is 33.8 Å². The lowest BCUT2D eigenvalue weighted by atomic mass is 9.97. The van der Waals surface area contributed by atoms with Crippen molar-refractivity contribution in [2.45, 2.75) is 32.5 Å². The van der Waals surface area contributed by atoms with Gasteiger partial charge in [0.05, 0.1) is 23.1 Å². The molecule has 2 unspecified atom stereocenters. The fourth-order valence-corrected chi connectivity index (χ4v) is 5.10. The molecule has 0 aliphatic carbocycles. The molecule has 0 aromatic heterocycles. The number of nitrogens with zero attached hydrogens (tertiary/aromatic N) is 3. The van der Waals surface area contributed by atoms with Crippen molar-refractivity contribution in [1.82, 2.24) is 5.01 Å². The number of hydrogen-bond donors (Lipinski definition) is 0. The third-order valence-electron chi connectivity index (χ3n) is 6.70. The molecule has 2 atom stereocenters. The van der Waals surface area contributed by atoms with Gasteiger partial charge in [-0.05, 0) is 48.2 Å². The van der Waals surface area contributed by atoms with E-state index < -0.39 is 0 Å². The molecular formula is C30H31N3. The van der Waals surface area contributed by atoms with E-state index >= 15 is 0 Å². The summed E-state index contributed by atoms with van der Waals surface area (Å²) in [7, 11) is 2.21. The molecule has 0 saturated carbocycles. The number of hydrogen-bond acceptors (Lipinski definition) is 3. The van der Waals surface area contributed by atoms with Crippen molar-refractivity contribution in [3.05, 3.63) is 126 Å². The smallest absolute Gasteiger partial charge is 0.126 e. The molecule has 0 bridgehead atoms. The maximum Gasteiger partial charge on any atom is 0.126 e. The average molecular weight is 434 g/mol. The summed E-state index contributed by atoms with van der Waals surface area (Å²) in [4.78, 5) is 2.61. The van der Waals surface area contributed by atoms with Gasteiger partial charge in [-0.1, -0.05) is 97.9 Å². The summed E-state index contributed by atoms with van der Waals surface area (Å²) in [5.74, 6) is 0. The predicted molar refractivity (Wildman–Crippen MR) is 139 cm³/mol. The highest BCUT2D eigenvalue weighted by Gasteiger charge is 2.40. The summed E-state index contributed by atoms with van der Waals surface area (Å²) in [6.07, 6.45) is 1.02. The average Bonchev–Trinajstić information content (AvgIpc) is 2.88. The zero-order valence-electron chi connectivity index (χ0n) is 19.6. The molecule has 33 heavy (non-hydrogen) atoms. The maximum atomic E-state index is 2.61. The van der Waals surface area contributed by atoms with Crippen LogP contribution in [-0.2, 0) is 6.42 Å². The van der Waals surface area contributed by atoms with Gasteiger partial charge in [-0.15, -0.1) is 0 Å². The number of fused-ring (bicyclic) bond motifs is 1. The van der Waals surface area contributed by atoms with Crippen molar-refractivity contribution in [2.24, 2.45) is 0 Å². The first kappa shape index (κ1) is 21.3. The van der Waals surface area contributed by atoms with Crippen LogP contribution in [0.2, 0.25) is 0 Å². The molecule has 0 spiro atoms. The second-order valence-corrected chi connectivity index (χ2v) is 8.64. The van der Waals surface area contributed by atoms with Crippen molar-refractivity contribution in [2.75, 3.05) is 17.0 Å². The van der Waals surface area contributed by atoms with E-state index in [1.807, 2.05) is 0 Å². The van der Waals surface area contributed by atoms with E-state index in [0.717, 1.165) is 6.42 Å². The van der Waals surface area contributed by atoms with Crippen LogP contribution < -0.4 is 9.91 Å². The van der Waals surface area contributed by atoms with Gasteiger partial charge < -0.3 is 4.90 Å². The monoisotopic (exact) mass is 433 g/mol. The summed E-state index contributed by atoms with van der Waals surface area (Å²) < 4.78 is 0. The fourth-order valence-electron chi connectivity index (χ4n) is 5.10. The summed E-state index contributed by atoms with van der Waals surface area (Å²) in [5, 5.41) is 4.76. The molecule has 1 aliphatic heterocycles. The quantitative estimate of drug-likeness (QED) is 0.322. The molecule has 4 aromatic rings. The Morgan fingerprint density at radius 1 is 0.727 bits per heavy atom. The van der Waals surface area contributed by atoms with Crippen LogP contribution >= 0.6 is 0 Å². The predicted octanol–water partition coefficient (Wildman–Crippen LogP) is 7.51. The lowest BCUT2D eigenvalue weighted by Gasteiger charge is -2.53. The van der Waals surface area contributed by atoms with E-state index in [4.69, 9.17) is 0 Å². The van der Waals surface area contributed by atoms with Crippen molar-refractivity contribution < 1.29 is 0 Å². The van der Waals surface area contributed by atoms with E-state index in [2.05, 4.69) is 145 Å². The summed E-state index contributed by atoms with van der Waals surface area (Å²) in [5.41, 5.74) is 7.66. The highest BCUT2D eigenvalue weighted by atomic mass is 15.7. The summed E-state index contributed by atoms with van der Waals surface area (Å²) in [6.45, 7) is 4.58. The third-order valence-corrected chi connectivity index (χ3v) is 6.70. The first-order valence-electron chi connectivity index (χ1n) is 11.8. The Labute approximate surface area is 197 Å². The molecule has 4 aromatic carbocycles. The molecule has 0 amide bonds. The number of anilines is 3. The highest BCUT2D eigenvalue weighted by molar-refractivity contribution is 5.82. The normalized spacial score (nSPS) is 17.0. The summed E-state index contributed by atoms with van der Waals surface area (Å²) in [6, 6.07) is 39.3. The van der Waals surface area contributed by atoms with Crippen LogP contribution in [0.25, 0.3) is 0 Å². The largest absolute Gasteiger partial charge is 0.342 e. The Bertz CT molecular complexity index is 1190. The zero-order chi connectivity index (χ0) is 22.8. The van der Waals surface area contributed by atoms with E-state index in [-0.39, 0.29) is 12.2 Å². The number of hydrazine groups is 1. The fraction of sp³-hybridized carbons (Fsp3) is 0.200. The van der Waals surface area contributed by atoms with E-state index in [9.17, 15) is 0 Å². The van der Waals surface area contributed by atoms with Crippen LogP contribution in [0.1, 0.15) is 42.7 Å². The number of para-hydroxylation sites is 2. The Kier molecular flexibility index (Phi) is 5.89. The van der Waals surface area contributed by atoms with Gasteiger partial charge in [-0.2, -0.15) is 5.01 Å². The van der Waals surface area contributed by atoms with Crippen LogP contribution in [0.15, 0.2) is 109 Å². The maximum absolute atomic E-state index is 2.61. The Morgan fingerprint density at radius 3 is 1.97 bits per heavy atom. The standard InChI is InChI=1S/C30H31N3/c1-4-24-19-14-22-28-29(24)32(23(2)25-15-8-5-9-16-25)30(26-17-10-6-11-18-26)31(3)33(28)27-20-12-7-13-21-27/h5-23,30H,4H2,1-3H3. The van der Waals surface area contributed by atoms with Crippen LogP contribution in [-0.4, -0.2) is 12.1 Å². The second-order valence-electron chi connectivity index (χ2n) is 8.64. The minimum absolute atomic E-state index is 0.0433. The van der Waals surface area contributed by atoms with Crippen molar-refractivity contribution in [1.29, 1.82) is 0 Å². The first-order valence-corrected chi connectivity index (χ1v) is 11.8. The van der Waals surface area contributed by atoms with Crippen LogP contribution in [0.5, 0.6) is 0 Å². The molecule has 166 valence electrons. The minimum atomic E-state index is 0.0433. The number of aryl methyl sites for hydroxylation is 1. The molecule has 3 heteroatoms. The Hall–Kier alpha value is -3.56. The van der Waals surface area contributed by atoms with Gasteiger partial charge in [0.25, 0.3) is 0 Å². The Morgan fingerprint density at radius 2 is 1.33 bits per heavy atom. The van der Waals surface area contributed by atoms with Gasteiger partial charge in [-0.25, -0.2) is 0 Å². The SMILES string of the molecule is CCc1cccc2c1N(C(C)c1ccccc1)C(c1ccccc1)N(C)N2c1ccccc1. The van der Waals surface area contributed by atoms with Gasteiger partial charge in [0.2, 0.25) is 0 Å². The zero-order valence-corrected chi connectivity index (χ0v) is 19.6. The number of rotatable bonds is 5. The topological polar surface area (TPSA) is 9.72 Å². The van der Waals surface area contributed by atoms with Gasteiger partial charge in [0, 0.05) is 7.05 Å². The molecule has 1 aliphatic rings. The molecule has 0 fully saturated rings. The second kappa shape index (κ2) is 9.13. The first-order chi connectivity index (χ1) is 16.2. The molecule has 0 radical (unpaired) electrons. The van der Waals surface area contributed by atoms with Crippen molar-refractivity contribution in [3.8, 4) is 0 Å². The van der Waals surface area contributed by atoms with Gasteiger partial charge in [0.1, 0.15) is 6.17 Å². The van der Waals surface area contributed by atoms with E-state index in [0.29, 0.717) is 0 Å². The minimum Gasteiger partial charge on any atom is -0.342 e. The molecule has 0 N–H and O–H groups in total. The lowest BCUT2D eigenvalue weighted by Crippen LogP contribution is -2.52. The molecule has 5 rings (SSSR count). The van der Waals surface area contributed by atoms with Crippen LogP contribution in [0.4, 0.5) is 17.1 Å². The van der Waals surface area contributed by atoms with Crippen LogP contribution in [0, 0.1) is 0 Å². The van der Waals surface area contributed by atoms with Gasteiger partial charge in [0.15, 0.2) is 0 Å². The van der Waals surface area contributed by atoms with Crippen molar-refractivity contribution >= 4 is 17.1 Å². The Balaban J connectivity index is 1.78. The van der Waals surface area contributed by atoms with Crippen molar-refractivity contribution in [3.63, 3.8) is 0 Å². The van der Waals surface area contributed by atoms with Gasteiger partial charge in [-0.3, -0.25) is 5.01 Å². The molecule has 1 heterocycles. The number of benzene rings is 4. The highest BCUT2D eigenvalue weighted by Crippen LogP contribution is 2.51. The molecule has 3 nitrogen and oxygen atoms in total. The van der Waals surface area contributed by atoms with E-state index in [1.54, 1.807) is 0 Å². The summed E-state index contributed by atoms with van der Waals surface area (Å²) >= 11 is 0.